The second-order valence-electron chi connectivity index (χ2n) is 6.53. The highest BCUT2D eigenvalue weighted by atomic mass is 16.7. The van der Waals surface area contributed by atoms with E-state index in [1.54, 1.807) is 24.9 Å². The average molecular weight is 403 g/mol. The molecule has 1 aliphatic heterocycles. The van der Waals surface area contributed by atoms with Gasteiger partial charge in [-0.1, -0.05) is 0 Å². The van der Waals surface area contributed by atoms with Gasteiger partial charge >= 0.3 is 0 Å². The third kappa shape index (κ3) is 2.74. The molecule has 0 aliphatic carbocycles. The van der Waals surface area contributed by atoms with Gasteiger partial charge in [0.25, 0.3) is 0 Å². The molecule has 9 nitrogen and oxygen atoms in total. The van der Waals surface area contributed by atoms with Crippen molar-refractivity contribution in [1.82, 2.24) is 14.6 Å². The molecule has 5 rings (SSSR count). The first kappa shape index (κ1) is 17.8. The molecule has 0 atom stereocenters. The minimum atomic E-state index is 0.193. The van der Waals surface area contributed by atoms with Gasteiger partial charge in [0.05, 0.1) is 14.2 Å². The number of aromatic amines is 1. The molecule has 2 aromatic carbocycles. The predicted molar refractivity (Wildman–Crippen MR) is 109 cm³/mol. The van der Waals surface area contributed by atoms with Crippen LogP contribution in [0.15, 0.2) is 42.6 Å². The Kier molecular flexibility index (Phi) is 4.10. The molecule has 3 heterocycles. The SMILES string of the molecule is COc1ccc(Nc2c(-c3ccc4c(c3)OCO4)nc3c(C#N)c[nH]n23)cc1OC. The topological polar surface area (TPSA) is 106 Å². The summed E-state index contributed by atoms with van der Waals surface area (Å²) in [5.74, 6) is 3.23. The summed E-state index contributed by atoms with van der Waals surface area (Å²) in [6.07, 6.45) is 1.62. The maximum Gasteiger partial charge on any atom is 0.231 e. The van der Waals surface area contributed by atoms with Crippen LogP contribution < -0.4 is 24.3 Å². The number of aromatic nitrogens is 3. The second kappa shape index (κ2) is 6.93. The average Bonchev–Trinajstić information content (AvgIpc) is 3.48. The Labute approximate surface area is 171 Å². The normalized spacial score (nSPS) is 12.0. The van der Waals surface area contributed by atoms with Gasteiger partial charge in [-0.05, 0) is 30.3 Å². The first-order valence-electron chi connectivity index (χ1n) is 9.11. The van der Waals surface area contributed by atoms with E-state index in [0.29, 0.717) is 45.7 Å². The number of methoxy groups -OCH3 is 2. The van der Waals surface area contributed by atoms with Crippen molar-refractivity contribution >= 4 is 17.2 Å². The summed E-state index contributed by atoms with van der Waals surface area (Å²) in [6, 6.07) is 13.3. The van der Waals surface area contributed by atoms with Gasteiger partial charge in [-0.25, -0.2) is 9.50 Å². The van der Waals surface area contributed by atoms with Crippen LogP contribution in [0, 0.1) is 11.3 Å². The fraction of sp³-hybridized carbons (Fsp3) is 0.143. The van der Waals surface area contributed by atoms with Crippen molar-refractivity contribution in [3.05, 3.63) is 48.2 Å². The predicted octanol–water partition coefficient (Wildman–Crippen LogP) is 3.69. The largest absolute Gasteiger partial charge is 0.493 e. The van der Waals surface area contributed by atoms with Crippen molar-refractivity contribution in [3.8, 4) is 40.3 Å². The van der Waals surface area contributed by atoms with Gasteiger partial charge in [0.1, 0.15) is 17.3 Å². The molecule has 30 heavy (non-hydrogen) atoms. The summed E-state index contributed by atoms with van der Waals surface area (Å²) in [7, 11) is 3.17. The fourth-order valence-electron chi connectivity index (χ4n) is 3.41. The van der Waals surface area contributed by atoms with Crippen molar-refractivity contribution in [2.75, 3.05) is 26.3 Å². The molecular formula is C21H17N5O4. The Hall–Kier alpha value is -4.32. The van der Waals surface area contributed by atoms with Crippen LogP contribution in [0.4, 0.5) is 11.5 Å². The zero-order chi connectivity index (χ0) is 20.7. The number of ether oxygens (including phenoxy) is 4. The molecule has 0 saturated heterocycles. The number of imidazole rings is 1. The monoisotopic (exact) mass is 403 g/mol. The molecule has 0 unspecified atom stereocenters. The highest BCUT2D eigenvalue weighted by Crippen LogP contribution is 2.39. The van der Waals surface area contributed by atoms with Crippen LogP contribution in [0.2, 0.25) is 0 Å². The number of benzene rings is 2. The van der Waals surface area contributed by atoms with E-state index in [1.807, 2.05) is 36.4 Å². The fourth-order valence-corrected chi connectivity index (χ4v) is 3.41. The molecular weight excluding hydrogens is 386 g/mol. The number of fused-ring (bicyclic) bond motifs is 2. The minimum absolute atomic E-state index is 0.193. The number of hydrogen-bond donors (Lipinski definition) is 2. The summed E-state index contributed by atoms with van der Waals surface area (Å²) in [5, 5.41) is 15.9. The Morgan fingerprint density at radius 1 is 1.10 bits per heavy atom. The van der Waals surface area contributed by atoms with Crippen LogP contribution in [0.3, 0.4) is 0 Å². The highest BCUT2D eigenvalue weighted by Gasteiger charge is 2.21. The van der Waals surface area contributed by atoms with Crippen molar-refractivity contribution < 1.29 is 18.9 Å². The number of nitrogens with zero attached hydrogens (tertiary/aromatic N) is 3. The molecule has 4 aromatic rings. The molecule has 1 aliphatic rings. The van der Waals surface area contributed by atoms with E-state index in [4.69, 9.17) is 23.9 Å². The zero-order valence-corrected chi connectivity index (χ0v) is 16.2. The number of hydrogen-bond acceptors (Lipinski definition) is 7. The van der Waals surface area contributed by atoms with Crippen LogP contribution in [0.5, 0.6) is 23.0 Å². The van der Waals surface area contributed by atoms with E-state index in [2.05, 4.69) is 16.5 Å². The van der Waals surface area contributed by atoms with Gasteiger partial charge in [0, 0.05) is 23.5 Å². The Bertz CT molecular complexity index is 1300. The molecule has 2 N–H and O–H groups in total. The summed E-state index contributed by atoms with van der Waals surface area (Å²) in [6.45, 7) is 0.193. The number of H-pyrrole nitrogens is 1. The Morgan fingerprint density at radius 2 is 1.93 bits per heavy atom. The van der Waals surface area contributed by atoms with Crippen LogP contribution >= 0.6 is 0 Å². The Balaban J connectivity index is 1.64. The minimum Gasteiger partial charge on any atom is -0.493 e. The van der Waals surface area contributed by atoms with E-state index in [-0.39, 0.29) is 6.79 Å². The van der Waals surface area contributed by atoms with Gasteiger partial charge in [-0.3, -0.25) is 5.10 Å². The molecule has 9 heteroatoms. The van der Waals surface area contributed by atoms with Crippen LogP contribution in [0.1, 0.15) is 5.56 Å². The third-order valence-electron chi connectivity index (χ3n) is 4.87. The summed E-state index contributed by atoms with van der Waals surface area (Å²) >= 11 is 0. The second-order valence-corrected chi connectivity index (χ2v) is 6.53. The van der Waals surface area contributed by atoms with Gasteiger partial charge in [-0.15, -0.1) is 0 Å². The maximum absolute atomic E-state index is 9.43. The van der Waals surface area contributed by atoms with E-state index in [1.165, 1.54) is 0 Å². The lowest BCUT2D eigenvalue weighted by molar-refractivity contribution is 0.174. The van der Waals surface area contributed by atoms with E-state index < -0.39 is 0 Å². The molecule has 0 bridgehead atoms. The van der Waals surface area contributed by atoms with Gasteiger partial charge in [0.2, 0.25) is 6.79 Å². The summed E-state index contributed by atoms with van der Waals surface area (Å²) < 4.78 is 23.4. The van der Waals surface area contributed by atoms with Gasteiger partial charge < -0.3 is 24.3 Å². The lowest BCUT2D eigenvalue weighted by atomic mass is 10.1. The molecule has 2 aromatic heterocycles. The summed E-state index contributed by atoms with van der Waals surface area (Å²) in [4.78, 5) is 4.71. The molecule has 0 amide bonds. The van der Waals surface area contributed by atoms with Crippen LogP contribution in [-0.4, -0.2) is 35.6 Å². The number of nitrogens with one attached hydrogen (secondary N) is 2. The smallest absolute Gasteiger partial charge is 0.231 e. The summed E-state index contributed by atoms with van der Waals surface area (Å²) in [5.41, 5.74) is 3.21. The maximum atomic E-state index is 9.43. The molecule has 0 spiro atoms. The molecule has 0 saturated carbocycles. The van der Waals surface area contributed by atoms with Crippen molar-refractivity contribution in [1.29, 1.82) is 5.26 Å². The number of rotatable bonds is 5. The quantitative estimate of drug-likeness (QED) is 0.523. The van der Waals surface area contributed by atoms with Gasteiger partial charge in [-0.2, -0.15) is 5.26 Å². The van der Waals surface area contributed by atoms with Crippen molar-refractivity contribution in [2.45, 2.75) is 0 Å². The third-order valence-corrected chi connectivity index (χ3v) is 4.87. The lowest BCUT2D eigenvalue weighted by Gasteiger charge is -2.12. The first-order valence-corrected chi connectivity index (χ1v) is 9.11. The lowest BCUT2D eigenvalue weighted by Crippen LogP contribution is -1.99. The number of anilines is 2. The van der Waals surface area contributed by atoms with Gasteiger partial charge in [0.15, 0.2) is 34.5 Å². The van der Waals surface area contributed by atoms with E-state index in [0.717, 1.165) is 11.3 Å². The molecule has 0 fully saturated rings. The Morgan fingerprint density at radius 3 is 2.73 bits per heavy atom. The molecule has 150 valence electrons. The first-order chi connectivity index (χ1) is 14.7. The standard InChI is InChI=1S/C21H17N5O4/c1-27-15-6-4-14(8-17(15)28-2)24-21-19(25-20-13(9-22)10-23-26(20)21)12-3-5-16-18(7-12)30-11-29-16/h3-8,10,23-24H,11H2,1-2H3. The van der Waals surface area contributed by atoms with Crippen LogP contribution in [-0.2, 0) is 0 Å². The van der Waals surface area contributed by atoms with Crippen LogP contribution in [0.25, 0.3) is 16.9 Å². The molecule has 0 radical (unpaired) electrons. The van der Waals surface area contributed by atoms with Crippen molar-refractivity contribution in [2.24, 2.45) is 0 Å². The van der Waals surface area contributed by atoms with E-state index in [9.17, 15) is 5.26 Å². The number of nitriles is 1. The van der Waals surface area contributed by atoms with E-state index >= 15 is 0 Å². The van der Waals surface area contributed by atoms with Crippen molar-refractivity contribution in [3.63, 3.8) is 0 Å². The highest BCUT2D eigenvalue weighted by molar-refractivity contribution is 5.82. The zero-order valence-electron chi connectivity index (χ0n) is 16.2.